The fourth-order valence-corrected chi connectivity index (χ4v) is 4.71. The smallest absolute Gasteiger partial charge is 0.222 e. The van der Waals surface area contributed by atoms with E-state index < -0.39 is 0 Å². The van der Waals surface area contributed by atoms with E-state index >= 15 is 0 Å². The minimum absolute atomic E-state index is 0.125. The van der Waals surface area contributed by atoms with Crippen LogP contribution >= 0.6 is 0 Å². The first-order chi connectivity index (χ1) is 13.2. The van der Waals surface area contributed by atoms with Gasteiger partial charge in [0.25, 0.3) is 0 Å². The highest BCUT2D eigenvalue weighted by molar-refractivity contribution is 5.68. The number of hydrogen-bond acceptors (Lipinski definition) is 6. The molecular formula is C21H28N4O2. The fourth-order valence-electron chi connectivity index (χ4n) is 4.71. The summed E-state index contributed by atoms with van der Waals surface area (Å²) in [7, 11) is 1.60. The number of pyridine rings is 1. The molecule has 0 amide bonds. The predicted molar refractivity (Wildman–Crippen MR) is 105 cm³/mol. The van der Waals surface area contributed by atoms with Gasteiger partial charge in [-0.2, -0.15) is 0 Å². The maximum Gasteiger partial charge on any atom is 0.222 e. The summed E-state index contributed by atoms with van der Waals surface area (Å²) in [5.74, 6) is 1.35. The Morgan fingerprint density at radius 3 is 2.56 bits per heavy atom. The second kappa shape index (κ2) is 7.43. The molecule has 1 N–H and O–H groups in total. The summed E-state index contributed by atoms with van der Waals surface area (Å²) < 4.78 is 5.38. The number of nitrogens with zero attached hydrogens (tertiary/aromatic N) is 4. The number of piperidine rings is 1. The molecule has 0 radical (unpaired) electrons. The summed E-state index contributed by atoms with van der Waals surface area (Å²) in [4.78, 5) is 16.2. The van der Waals surface area contributed by atoms with Crippen LogP contribution in [0.25, 0.3) is 11.3 Å². The maximum atomic E-state index is 9.97. The summed E-state index contributed by atoms with van der Waals surface area (Å²) in [6.45, 7) is 3.83. The third-order valence-corrected chi connectivity index (χ3v) is 6.28. The molecule has 0 unspecified atom stereocenters. The standard InChI is InChI=1S/C21H28N4O2/c1-15-18(16-6-5-11-22-20(16)27-2)24-17(14-26)19(23-15)25-12-9-21(10-13-25)7-3-4-8-21/h5-6,11,26H,3-4,7-10,12-14H2,1-2H3. The van der Waals surface area contributed by atoms with Crippen LogP contribution in [0.3, 0.4) is 0 Å². The molecule has 2 aromatic rings. The summed E-state index contributed by atoms with van der Waals surface area (Å²) >= 11 is 0. The third-order valence-electron chi connectivity index (χ3n) is 6.28. The van der Waals surface area contributed by atoms with E-state index in [2.05, 4.69) is 9.88 Å². The van der Waals surface area contributed by atoms with Crippen LogP contribution in [0.15, 0.2) is 18.3 Å². The molecule has 1 aliphatic heterocycles. The van der Waals surface area contributed by atoms with E-state index in [0.29, 0.717) is 17.0 Å². The maximum absolute atomic E-state index is 9.97. The number of anilines is 1. The lowest BCUT2D eigenvalue weighted by Crippen LogP contribution is -2.40. The number of aromatic nitrogens is 3. The summed E-state index contributed by atoms with van der Waals surface area (Å²) in [5, 5.41) is 9.97. The van der Waals surface area contributed by atoms with Crippen LogP contribution < -0.4 is 9.64 Å². The molecule has 1 aliphatic carbocycles. The first kappa shape index (κ1) is 18.2. The van der Waals surface area contributed by atoms with Crippen molar-refractivity contribution < 1.29 is 9.84 Å². The van der Waals surface area contributed by atoms with Gasteiger partial charge in [-0.1, -0.05) is 12.8 Å². The van der Waals surface area contributed by atoms with Crippen molar-refractivity contribution in [1.82, 2.24) is 15.0 Å². The van der Waals surface area contributed by atoms with Gasteiger partial charge in [0.15, 0.2) is 5.82 Å². The Hall–Kier alpha value is -2.21. The molecule has 0 atom stereocenters. The second-order valence-electron chi connectivity index (χ2n) is 7.84. The summed E-state index contributed by atoms with van der Waals surface area (Å²) in [5.41, 5.74) is 3.53. The van der Waals surface area contributed by atoms with Crippen molar-refractivity contribution in [3.05, 3.63) is 29.7 Å². The molecule has 1 spiro atoms. The van der Waals surface area contributed by atoms with E-state index in [1.807, 2.05) is 19.1 Å². The van der Waals surface area contributed by atoms with Crippen molar-refractivity contribution in [3.63, 3.8) is 0 Å². The number of aliphatic hydroxyl groups excluding tert-OH is 1. The van der Waals surface area contributed by atoms with Crippen molar-refractivity contribution >= 4 is 5.82 Å². The summed E-state index contributed by atoms with van der Waals surface area (Å²) in [6, 6.07) is 3.78. The lowest BCUT2D eigenvalue weighted by Gasteiger charge is -2.40. The lowest BCUT2D eigenvalue weighted by molar-refractivity contribution is 0.225. The van der Waals surface area contributed by atoms with Crippen molar-refractivity contribution in [1.29, 1.82) is 0 Å². The van der Waals surface area contributed by atoms with E-state index in [4.69, 9.17) is 14.7 Å². The van der Waals surface area contributed by atoms with Crippen molar-refractivity contribution in [2.24, 2.45) is 5.41 Å². The Balaban J connectivity index is 1.64. The highest BCUT2D eigenvalue weighted by Crippen LogP contribution is 2.46. The third kappa shape index (κ3) is 3.38. The molecule has 4 rings (SSSR count). The molecule has 0 aromatic carbocycles. The van der Waals surface area contributed by atoms with Gasteiger partial charge >= 0.3 is 0 Å². The van der Waals surface area contributed by atoms with Gasteiger partial charge in [0, 0.05) is 19.3 Å². The molecule has 1 saturated carbocycles. The van der Waals surface area contributed by atoms with E-state index in [-0.39, 0.29) is 6.61 Å². The zero-order valence-corrected chi connectivity index (χ0v) is 16.2. The Labute approximate surface area is 160 Å². The van der Waals surface area contributed by atoms with Crippen LogP contribution in [-0.4, -0.2) is 40.3 Å². The lowest BCUT2D eigenvalue weighted by atomic mass is 9.77. The van der Waals surface area contributed by atoms with Gasteiger partial charge in [-0.15, -0.1) is 0 Å². The number of aliphatic hydroxyl groups is 1. The normalized spacial score (nSPS) is 18.9. The first-order valence-electron chi connectivity index (χ1n) is 9.88. The molecule has 0 bridgehead atoms. The van der Waals surface area contributed by atoms with Gasteiger partial charge < -0.3 is 14.7 Å². The molecule has 6 heteroatoms. The van der Waals surface area contributed by atoms with E-state index in [1.54, 1.807) is 13.3 Å². The average molecular weight is 368 g/mol. The van der Waals surface area contributed by atoms with E-state index in [1.165, 1.54) is 38.5 Å². The van der Waals surface area contributed by atoms with Crippen molar-refractivity contribution in [3.8, 4) is 17.1 Å². The highest BCUT2D eigenvalue weighted by atomic mass is 16.5. The van der Waals surface area contributed by atoms with Crippen LogP contribution in [0.4, 0.5) is 5.82 Å². The van der Waals surface area contributed by atoms with Gasteiger partial charge in [0.2, 0.25) is 5.88 Å². The van der Waals surface area contributed by atoms with Crippen LogP contribution in [-0.2, 0) is 6.61 Å². The van der Waals surface area contributed by atoms with Gasteiger partial charge in [-0.25, -0.2) is 15.0 Å². The minimum atomic E-state index is -0.125. The van der Waals surface area contributed by atoms with Gasteiger partial charge in [-0.05, 0) is 50.2 Å². The second-order valence-corrected chi connectivity index (χ2v) is 7.84. The summed E-state index contributed by atoms with van der Waals surface area (Å²) in [6.07, 6.45) is 9.63. The molecule has 2 aromatic heterocycles. The fraction of sp³-hybridized carbons (Fsp3) is 0.571. The number of ether oxygens (including phenoxy) is 1. The van der Waals surface area contributed by atoms with Gasteiger partial charge in [0.1, 0.15) is 5.69 Å². The monoisotopic (exact) mass is 368 g/mol. The molecule has 1 saturated heterocycles. The predicted octanol–water partition coefficient (Wildman–Crippen LogP) is 3.51. The van der Waals surface area contributed by atoms with Crippen LogP contribution in [0.1, 0.15) is 49.9 Å². The van der Waals surface area contributed by atoms with Gasteiger partial charge in [-0.3, -0.25) is 0 Å². The topological polar surface area (TPSA) is 71.4 Å². The van der Waals surface area contributed by atoms with E-state index in [0.717, 1.165) is 35.9 Å². The number of hydrogen-bond donors (Lipinski definition) is 1. The molecule has 2 fully saturated rings. The highest BCUT2D eigenvalue weighted by Gasteiger charge is 2.37. The number of rotatable bonds is 4. The SMILES string of the molecule is COc1ncccc1-c1nc(CO)c(N2CCC3(CCCC3)CC2)nc1C. The zero-order chi connectivity index (χ0) is 18.9. The molecule has 3 heterocycles. The van der Waals surface area contributed by atoms with Crippen LogP contribution in [0, 0.1) is 12.3 Å². The largest absolute Gasteiger partial charge is 0.481 e. The number of aryl methyl sites for hydroxylation is 1. The minimum Gasteiger partial charge on any atom is -0.481 e. The quantitative estimate of drug-likeness (QED) is 0.890. The Morgan fingerprint density at radius 2 is 1.89 bits per heavy atom. The Morgan fingerprint density at radius 1 is 1.15 bits per heavy atom. The zero-order valence-electron chi connectivity index (χ0n) is 16.2. The van der Waals surface area contributed by atoms with Gasteiger partial charge in [0.05, 0.1) is 30.7 Å². The molecule has 6 nitrogen and oxygen atoms in total. The van der Waals surface area contributed by atoms with Crippen LogP contribution in [0.5, 0.6) is 5.88 Å². The van der Waals surface area contributed by atoms with E-state index in [9.17, 15) is 5.11 Å². The Kier molecular flexibility index (Phi) is 5.00. The number of methoxy groups -OCH3 is 1. The van der Waals surface area contributed by atoms with Crippen molar-refractivity contribution in [2.45, 2.75) is 52.1 Å². The molecule has 2 aliphatic rings. The average Bonchev–Trinajstić information content (AvgIpc) is 3.16. The van der Waals surface area contributed by atoms with Crippen molar-refractivity contribution in [2.75, 3.05) is 25.1 Å². The molecule has 144 valence electrons. The first-order valence-corrected chi connectivity index (χ1v) is 9.88. The molecular weight excluding hydrogens is 340 g/mol. The van der Waals surface area contributed by atoms with Crippen LogP contribution in [0.2, 0.25) is 0 Å². The molecule has 27 heavy (non-hydrogen) atoms. The Bertz CT molecular complexity index is 808.